The average Bonchev–Trinajstić information content (AvgIpc) is 2.61. The van der Waals surface area contributed by atoms with Crippen molar-refractivity contribution in [2.45, 2.75) is 23.9 Å². The van der Waals surface area contributed by atoms with Gasteiger partial charge in [-0.25, -0.2) is 0 Å². The van der Waals surface area contributed by atoms with Gasteiger partial charge in [0, 0.05) is 29.3 Å². The van der Waals surface area contributed by atoms with E-state index < -0.39 is 0 Å². The van der Waals surface area contributed by atoms with Gasteiger partial charge in [-0.15, -0.1) is 11.8 Å². The molecule has 0 saturated heterocycles. The van der Waals surface area contributed by atoms with Gasteiger partial charge in [0.25, 0.3) is 0 Å². The van der Waals surface area contributed by atoms with Crippen molar-refractivity contribution in [2.75, 3.05) is 26.4 Å². The lowest BCUT2D eigenvalue weighted by molar-refractivity contribution is 0.336. The minimum absolute atomic E-state index is 0.524. The summed E-state index contributed by atoms with van der Waals surface area (Å²) in [6.45, 7) is 3.34. The van der Waals surface area contributed by atoms with Crippen LogP contribution in [-0.2, 0) is 0 Å². The summed E-state index contributed by atoms with van der Waals surface area (Å²) < 4.78 is 0. The summed E-state index contributed by atoms with van der Waals surface area (Å²) in [4.78, 5) is 3.67. The average molecular weight is 236 g/mol. The predicted octanol–water partition coefficient (Wildman–Crippen LogP) is 2.37. The molecule has 16 heavy (non-hydrogen) atoms. The molecule has 2 unspecified atom stereocenters. The van der Waals surface area contributed by atoms with E-state index in [9.17, 15) is 0 Å². The molecule has 2 nitrogen and oxygen atoms in total. The Morgan fingerprint density at radius 2 is 2.19 bits per heavy atom. The fourth-order valence-corrected chi connectivity index (χ4v) is 3.42. The third kappa shape index (κ3) is 2.78. The lowest BCUT2D eigenvalue weighted by Gasteiger charge is -2.22. The number of hydrogen-bond donors (Lipinski definition) is 1. The summed E-state index contributed by atoms with van der Waals surface area (Å²) in [7, 11) is 4.24. The lowest BCUT2D eigenvalue weighted by Crippen LogP contribution is -2.38. The van der Waals surface area contributed by atoms with Crippen LogP contribution in [0.3, 0.4) is 0 Å². The number of benzene rings is 1. The Morgan fingerprint density at radius 1 is 1.44 bits per heavy atom. The first-order valence-corrected chi connectivity index (χ1v) is 6.78. The molecule has 1 aromatic carbocycles. The quantitative estimate of drug-likeness (QED) is 0.864. The van der Waals surface area contributed by atoms with Crippen LogP contribution in [0.2, 0.25) is 0 Å². The van der Waals surface area contributed by atoms with Crippen molar-refractivity contribution in [3.05, 3.63) is 29.8 Å². The Morgan fingerprint density at radius 3 is 2.94 bits per heavy atom. The fourth-order valence-electron chi connectivity index (χ4n) is 2.24. The summed E-state index contributed by atoms with van der Waals surface area (Å²) in [6.07, 6.45) is 0. The van der Waals surface area contributed by atoms with Crippen LogP contribution in [0.1, 0.15) is 18.5 Å². The molecule has 88 valence electrons. The summed E-state index contributed by atoms with van der Waals surface area (Å²) in [5, 5.41) is 3.70. The van der Waals surface area contributed by atoms with Gasteiger partial charge in [0.05, 0.1) is 0 Å². The molecular formula is C13H20N2S. The first-order chi connectivity index (χ1) is 7.66. The summed E-state index contributed by atoms with van der Waals surface area (Å²) in [6, 6.07) is 9.78. The highest BCUT2D eigenvalue weighted by Crippen LogP contribution is 2.37. The zero-order valence-corrected chi connectivity index (χ0v) is 11.1. The molecule has 1 aliphatic heterocycles. The molecule has 1 heterocycles. The van der Waals surface area contributed by atoms with Crippen molar-refractivity contribution in [2.24, 2.45) is 0 Å². The van der Waals surface area contributed by atoms with Crippen LogP contribution in [-0.4, -0.2) is 37.3 Å². The monoisotopic (exact) mass is 236 g/mol. The van der Waals surface area contributed by atoms with Gasteiger partial charge in [0.15, 0.2) is 0 Å². The van der Waals surface area contributed by atoms with E-state index in [1.54, 1.807) is 0 Å². The van der Waals surface area contributed by atoms with E-state index in [0.717, 1.165) is 12.3 Å². The van der Waals surface area contributed by atoms with E-state index in [1.807, 2.05) is 11.8 Å². The van der Waals surface area contributed by atoms with Gasteiger partial charge in [0.2, 0.25) is 0 Å². The molecule has 0 spiro atoms. The van der Waals surface area contributed by atoms with Gasteiger partial charge in [-0.05, 0) is 32.6 Å². The van der Waals surface area contributed by atoms with E-state index in [4.69, 9.17) is 0 Å². The molecule has 0 aliphatic carbocycles. The first kappa shape index (κ1) is 12.0. The van der Waals surface area contributed by atoms with Crippen molar-refractivity contribution in [3.8, 4) is 0 Å². The Labute approximate surface area is 102 Å². The van der Waals surface area contributed by atoms with Gasteiger partial charge < -0.3 is 10.2 Å². The second kappa shape index (κ2) is 5.21. The molecule has 0 bridgehead atoms. The molecule has 0 amide bonds. The van der Waals surface area contributed by atoms with Crippen LogP contribution in [0.4, 0.5) is 0 Å². The van der Waals surface area contributed by atoms with Crippen LogP contribution < -0.4 is 5.32 Å². The molecule has 1 N–H and O–H groups in total. The van der Waals surface area contributed by atoms with Crippen LogP contribution >= 0.6 is 11.8 Å². The fraction of sp³-hybridized carbons (Fsp3) is 0.538. The normalized spacial score (nSPS) is 21.1. The van der Waals surface area contributed by atoms with Gasteiger partial charge in [-0.1, -0.05) is 18.2 Å². The van der Waals surface area contributed by atoms with Crippen molar-refractivity contribution >= 4 is 11.8 Å². The maximum atomic E-state index is 3.70. The van der Waals surface area contributed by atoms with Crippen molar-refractivity contribution in [1.82, 2.24) is 10.2 Å². The third-order valence-corrected chi connectivity index (χ3v) is 4.01. The largest absolute Gasteiger partial charge is 0.308 e. The number of thioether (sulfide) groups is 1. The molecule has 0 aromatic heterocycles. The van der Waals surface area contributed by atoms with E-state index in [1.165, 1.54) is 10.5 Å². The van der Waals surface area contributed by atoms with Gasteiger partial charge in [-0.3, -0.25) is 0 Å². The molecule has 0 fully saturated rings. The minimum atomic E-state index is 0.524. The minimum Gasteiger partial charge on any atom is -0.308 e. The molecule has 0 radical (unpaired) electrons. The summed E-state index contributed by atoms with van der Waals surface area (Å²) in [5.74, 6) is 1.16. The molecule has 0 saturated carbocycles. The van der Waals surface area contributed by atoms with Crippen LogP contribution in [0, 0.1) is 0 Å². The maximum Gasteiger partial charge on any atom is 0.0429 e. The van der Waals surface area contributed by atoms with Gasteiger partial charge >= 0.3 is 0 Å². The van der Waals surface area contributed by atoms with E-state index >= 15 is 0 Å². The SMILES string of the molecule is CC(CN(C)C)NC1CSc2ccccc21. The van der Waals surface area contributed by atoms with E-state index in [2.05, 4.69) is 55.5 Å². The summed E-state index contributed by atoms with van der Waals surface area (Å²) >= 11 is 1.96. The smallest absolute Gasteiger partial charge is 0.0429 e. The maximum absolute atomic E-state index is 3.70. The van der Waals surface area contributed by atoms with Crippen molar-refractivity contribution in [1.29, 1.82) is 0 Å². The number of likely N-dealkylation sites (N-methyl/N-ethyl adjacent to an activating group) is 1. The van der Waals surface area contributed by atoms with E-state index in [-0.39, 0.29) is 0 Å². The first-order valence-electron chi connectivity index (χ1n) is 5.79. The number of nitrogens with zero attached hydrogens (tertiary/aromatic N) is 1. The van der Waals surface area contributed by atoms with Gasteiger partial charge in [0.1, 0.15) is 0 Å². The van der Waals surface area contributed by atoms with Crippen molar-refractivity contribution in [3.63, 3.8) is 0 Å². The molecule has 2 rings (SSSR count). The zero-order chi connectivity index (χ0) is 11.5. The molecular weight excluding hydrogens is 216 g/mol. The molecule has 2 atom stereocenters. The number of nitrogens with one attached hydrogen (secondary N) is 1. The second-order valence-corrected chi connectivity index (χ2v) is 5.79. The highest BCUT2D eigenvalue weighted by molar-refractivity contribution is 7.99. The topological polar surface area (TPSA) is 15.3 Å². The lowest BCUT2D eigenvalue weighted by atomic mass is 10.1. The predicted molar refractivity (Wildman–Crippen MR) is 71.1 cm³/mol. The van der Waals surface area contributed by atoms with Gasteiger partial charge in [-0.2, -0.15) is 0 Å². The molecule has 3 heteroatoms. The number of fused-ring (bicyclic) bond motifs is 1. The van der Waals surface area contributed by atoms with Crippen LogP contribution in [0.5, 0.6) is 0 Å². The number of rotatable bonds is 4. The summed E-state index contributed by atoms with van der Waals surface area (Å²) in [5.41, 5.74) is 1.47. The third-order valence-electron chi connectivity index (χ3n) is 2.82. The van der Waals surface area contributed by atoms with Crippen LogP contribution in [0.25, 0.3) is 0 Å². The highest BCUT2D eigenvalue weighted by atomic mass is 32.2. The molecule has 1 aromatic rings. The Hall–Kier alpha value is -0.510. The Kier molecular flexibility index (Phi) is 3.90. The van der Waals surface area contributed by atoms with Crippen molar-refractivity contribution < 1.29 is 0 Å². The van der Waals surface area contributed by atoms with Crippen LogP contribution in [0.15, 0.2) is 29.2 Å². The standard InChI is InChI=1S/C13H20N2S/c1-10(8-15(2)3)14-12-9-16-13-7-5-4-6-11(12)13/h4-7,10,12,14H,8-9H2,1-3H3. The number of hydrogen-bond acceptors (Lipinski definition) is 3. The second-order valence-electron chi connectivity index (χ2n) is 4.73. The Bertz CT molecular complexity index is 352. The Balaban J connectivity index is 1.98. The highest BCUT2D eigenvalue weighted by Gasteiger charge is 2.23. The zero-order valence-electron chi connectivity index (χ0n) is 10.2. The van der Waals surface area contributed by atoms with E-state index in [0.29, 0.717) is 12.1 Å². The molecule has 1 aliphatic rings.